The van der Waals surface area contributed by atoms with Gasteiger partial charge in [0.1, 0.15) is 6.73 Å². The molecule has 0 fully saturated rings. The standard InChI is InChI=1S/C10H9F3N2O/c1-16-6-15-5-14-8-3-2-7(4-9(8)15)10(11,12)13/h2-5H,6H2,1H3. The lowest BCUT2D eigenvalue weighted by Crippen LogP contribution is -2.05. The van der Waals surface area contributed by atoms with Crippen molar-refractivity contribution in [3.05, 3.63) is 30.1 Å². The number of methoxy groups -OCH3 is 1. The molecule has 2 rings (SSSR count). The molecule has 6 heteroatoms. The number of benzene rings is 1. The molecule has 1 aromatic heterocycles. The van der Waals surface area contributed by atoms with E-state index in [1.807, 2.05) is 0 Å². The molecule has 1 aromatic carbocycles. The summed E-state index contributed by atoms with van der Waals surface area (Å²) in [4.78, 5) is 3.98. The quantitative estimate of drug-likeness (QED) is 0.793. The third-order valence-corrected chi connectivity index (χ3v) is 2.22. The highest BCUT2D eigenvalue weighted by Crippen LogP contribution is 2.31. The predicted octanol–water partition coefficient (Wildman–Crippen LogP) is 2.66. The van der Waals surface area contributed by atoms with Crippen LogP contribution in [0.15, 0.2) is 24.5 Å². The van der Waals surface area contributed by atoms with Crippen LogP contribution in [0.2, 0.25) is 0 Å². The molecule has 0 amide bonds. The van der Waals surface area contributed by atoms with E-state index >= 15 is 0 Å². The van der Waals surface area contributed by atoms with Crippen molar-refractivity contribution in [1.82, 2.24) is 9.55 Å². The Morgan fingerprint density at radius 3 is 2.75 bits per heavy atom. The first kappa shape index (κ1) is 10.9. The van der Waals surface area contributed by atoms with Crippen molar-refractivity contribution in [2.75, 3.05) is 7.11 Å². The summed E-state index contributed by atoms with van der Waals surface area (Å²) in [6, 6.07) is 3.44. The number of imidazole rings is 1. The van der Waals surface area contributed by atoms with Gasteiger partial charge in [0, 0.05) is 7.11 Å². The lowest BCUT2D eigenvalue weighted by atomic mass is 10.2. The molecule has 0 atom stereocenters. The Kier molecular flexibility index (Phi) is 2.59. The lowest BCUT2D eigenvalue weighted by molar-refractivity contribution is -0.137. The molecular formula is C10H9F3N2O. The van der Waals surface area contributed by atoms with Gasteiger partial charge >= 0.3 is 6.18 Å². The van der Waals surface area contributed by atoms with Crippen LogP contribution in [0.4, 0.5) is 13.2 Å². The van der Waals surface area contributed by atoms with E-state index in [1.54, 1.807) is 0 Å². The Morgan fingerprint density at radius 2 is 2.12 bits per heavy atom. The van der Waals surface area contributed by atoms with Crippen LogP contribution in [0.1, 0.15) is 5.56 Å². The second kappa shape index (κ2) is 3.79. The van der Waals surface area contributed by atoms with Crippen molar-refractivity contribution in [1.29, 1.82) is 0 Å². The maximum atomic E-state index is 12.5. The zero-order valence-electron chi connectivity index (χ0n) is 8.45. The third-order valence-electron chi connectivity index (χ3n) is 2.22. The molecule has 0 aliphatic carbocycles. The van der Waals surface area contributed by atoms with Gasteiger partial charge in [0.2, 0.25) is 0 Å². The topological polar surface area (TPSA) is 27.1 Å². The Hall–Kier alpha value is -1.56. The van der Waals surface area contributed by atoms with E-state index in [4.69, 9.17) is 4.74 Å². The lowest BCUT2D eigenvalue weighted by Gasteiger charge is -2.07. The van der Waals surface area contributed by atoms with Crippen LogP contribution >= 0.6 is 0 Å². The number of hydrogen-bond acceptors (Lipinski definition) is 2. The maximum Gasteiger partial charge on any atom is 0.416 e. The Labute approximate surface area is 89.5 Å². The highest BCUT2D eigenvalue weighted by Gasteiger charge is 2.30. The van der Waals surface area contributed by atoms with Gasteiger partial charge in [-0.05, 0) is 18.2 Å². The van der Waals surface area contributed by atoms with E-state index < -0.39 is 11.7 Å². The largest absolute Gasteiger partial charge is 0.416 e. The summed E-state index contributed by atoms with van der Waals surface area (Å²) < 4.78 is 43.8. The summed E-state index contributed by atoms with van der Waals surface area (Å²) in [6.07, 6.45) is -2.88. The molecule has 0 aliphatic rings. The molecule has 0 saturated carbocycles. The van der Waals surface area contributed by atoms with E-state index in [-0.39, 0.29) is 6.73 Å². The first-order valence-electron chi connectivity index (χ1n) is 4.53. The van der Waals surface area contributed by atoms with Crippen molar-refractivity contribution in [3.63, 3.8) is 0 Å². The molecule has 0 saturated heterocycles. The number of halogens is 3. The van der Waals surface area contributed by atoms with Crippen LogP contribution in [0, 0.1) is 0 Å². The Bertz CT molecular complexity index is 504. The minimum atomic E-state index is -4.34. The summed E-state index contributed by atoms with van der Waals surface area (Å²) in [6.45, 7) is 0.178. The summed E-state index contributed by atoms with van der Waals surface area (Å²) in [5.74, 6) is 0. The van der Waals surface area contributed by atoms with Crippen LogP contribution in [-0.2, 0) is 17.6 Å². The number of ether oxygens (including phenoxy) is 1. The van der Waals surface area contributed by atoms with Crippen LogP contribution in [0.5, 0.6) is 0 Å². The van der Waals surface area contributed by atoms with E-state index in [0.29, 0.717) is 11.0 Å². The third kappa shape index (κ3) is 1.88. The molecule has 86 valence electrons. The van der Waals surface area contributed by atoms with Crippen molar-refractivity contribution < 1.29 is 17.9 Å². The smallest absolute Gasteiger partial charge is 0.364 e. The second-order valence-electron chi connectivity index (χ2n) is 3.33. The van der Waals surface area contributed by atoms with E-state index in [2.05, 4.69) is 4.98 Å². The molecule has 16 heavy (non-hydrogen) atoms. The molecule has 1 heterocycles. The van der Waals surface area contributed by atoms with Crippen molar-refractivity contribution in [2.45, 2.75) is 12.9 Å². The number of aromatic nitrogens is 2. The number of nitrogens with zero attached hydrogens (tertiary/aromatic N) is 2. The van der Waals surface area contributed by atoms with Crippen molar-refractivity contribution in [2.24, 2.45) is 0 Å². The Balaban J connectivity index is 2.54. The summed E-state index contributed by atoms with van der Waals surface area (Å²) in [5.41, 5.74) is 0.250. The van der Waals surface area contributed by atoms with Gasteiger partial charge in [0.25, 0.3) is 0 Å². The molecule has 0 N–H and O–H groups in total. The summed E-state index contributed by atoms with van der Waals surface area (Å²) in [5, 5.41) is 0. The number of hydrogen-bond donors (Lipinski definition) is 0. The van der Waals surface area contributed by atoms with Crippen LogP contribution < -0.4 is 0 Å². The zero-order valence-corrected chi connectivity index (χ0v) is 8.45. The summed E-state index contributed by atoms with van der Waals surface area (Å²) in [7, 11) is 1.47. The molecule has 3 nitrogen and oxygen atoms in total. The minimum absolute atomic E-state index is 0.178. The van der Waals surface area contributed by atoms with Gasteiger partial charge in [0.15, 0.2) is 0 Å². The molecule has 0 unspecified atom stereocenters. The second-order valence-corrected chi connectivity index (χ2v) is 3.33. The first-order chi connectivity index (χ1) is 7.52. The molecule has 2 aromatic rings. The van der Waals surface area contributed by atoms with Crippen molar-refractivity contribution in [3.8, 4) is 0 Å². The molecule has 0 bridgehead atoms. The molecular weight excluding hydrogens is 221 g/mol. The predicted molar refractivity (Wildman–Crippen MR) is 51.7 cm³/mol. The number of alkyl halides is 3. The average Bonchev–Trinajstić information content (AvgIpc) is 2.60. The summed E-state index contributed by atoms with van der Waals surface area (Å²) >= 11 is 0. The van der Waals surface area contributed by atoms with E-state index in [1.165, 1.54) is 24.1 Å². The van der Waals surface area contributed by atoms with Gasteiger partial charge < -0.3 is 9.30 Å². The monoisotopic (exact) mass is 230 g/mol. The highest BCUT2D eigenvalue weighted by atomic mass is 19.4. The first-order valence-corrected chi connectivity index (χ1v) is 4.53. The van der Waals surface area contributed by atoms with Gasteiger partial charge in [-0.25, -0.2) is 4.98 Å². The number of fused-ring (bicyclic) bond motifs is 1. The van der Waals surface area contributed by atoms with Gasteiger partial charge in [-0.15, -0.1) is 0 Å². The van der Waals surface area contributed by atoms with Crippen LogP contribution in [-0.4, -0.2) is 16.7 Å². The SMILES string of the molecule is COCn1cnc2ccc(C(F)(F)F)cc21. The fraction of sp³-hybridized carbons (Fsp3) is 0.300. The normalized spacial score (nSPS) is 12.2. The van der Waals surface area contributed by atoms with E-state index in [9.17, 15) is 13.2 Å². The fourth-order valence-electron chi connectivity index (χ4n) is 1.48. The maximum absolute atomic E-state index is 12.5. The zero-order chi connectivity index (χ0) is 11.8. The van der Waals surface area contributed by atoms with Gasteiger partial charge in [-0.3, -0.25) is 0 Å². The fourth-order valence-corrected chi connectivity index (χ4v) is 1.48. The van der Waals surface area contributed by atoms with Crippen molar-refractivity contribution >= 4 is 11.0 Å². The van der Waals surface area contributed by atoms with Crippen LogP contribution in [0.3, 0.4) is 0 Å². The minimum Gasteiger partial charge on any atom is -0.364 e. The van der Waals surface area contributed by atoms with E-state index in [0.717, 1.165) is 12.1 Å². The molecule has 0 radical (unpaired) electrons. The number of rotatable bonds is 2. The average molecular weight is 230 g/mol. The van der Waals surface area contributed by atoms with Gasteiger partial charge in [0.05, 0.1) is 22.9 Å². The highest BCUT2D eigenvalue weighted by molar-refractivity contribution is 5.76. The van der Waals surface area contributed by atoms with Gasteiger partial charge in [-0.2, -0.15) is 13.2 Å². The van der Waals surface area contributed by atoms with Gasteiger partial charge in [-0.1, -0.05) is 0 Å². The van der Waals surface area contributed by atoms with Crippen LogP contribution in [0.25, 0.3) is 11.0 Å². The molecule has 0 spiro atoms. The Morgan fingerprint density at radius 1 is 1.38 bits per heavy atom. The molecule has 0 aliphatic heterocycles.